The zero-order valence-corrected chi connectivity index (χ0v) is 20.6. The maximum Gasteiger partial charge on any atom is 0.266 e. The number of ether oxygens (including phenoxy) is 2. The van der Waals surface area contributed by atoms with Crippen molar-refractivity contribution >= 4 is 29.5 Å². The molecule has 1 unspecified atom stereocenters. The lowest BCUT2D eigenvalue weighted by Gasteiger charge is -2.27. The lowest BCUT2D eigenvalue weighted by atomic mass is 10.0. The zero-order valence-electron chi connectivity index (χ0n) is 20.6. The second-order valence-electron chi connectivity index (χ2n) is 9.81. The first-order valence-electron chi connectivity index (χ1n) is 11.9. The van der Waals surface area contributed by atoms with E-state index in [1.54, 1.807) is 6.07 Å². The standard InChI is InChI=1S/C25H33N3O7/c1-15(2)10-13-35-25(3,4)11-12-26-20(30)14-34-18-7-5-6-16-21(18)24(33)28(23(16)32)17-8-9-19(29)27-22(17)31/h5-7,15,17H,8-14H2,1-4H3,(H,26,30)(H,27,29,31). The highest BCUT2D eigenvalue weighted by atomic mass is 16.5. The Morgan fingerprint density at radius 2 is 1.94 bits per heavy atom. The summed E-state index contributed by atoms with van der Waals surface area (Å²) in [5, 5.41) is 4.93. The van der Waals surface area contributed by atoms with E-state index in [9.17, 15) is 24.0 Å². The van der Waals surface area contributed by atoms with Crippen molar-refractivity contribution in [2.45, 2.75) is 65.0 Å². The highest BCUT2D eigenvalue weighted by molar-refractivity contribution is 6.24. The predicted octanol–water partition coefficient (Wildman–Crippen LogP) is 1.81. The van der Waals surface area contributed by atoms with Crippen molar-refractivity contribution in [2.24, 2.45) is 5.92 Å². The molecule has 190 valence electrons. The molecule has 0 bridgehead atoms. The second kappa shape index (κ2) is 11.0. The number of imide groups is 2. The van der Waals surface area contributed by atoms with E-state index in [-0.39, 0.29) is 47.8 Å². The first-order chi connectivity index (χ1) is 16.5. The van der Waals surface area contributed by atoms with E-state index in [2.05, 4.69) is 24.5 Å². The van der Waals surface area contributed by atoms with Crippen molar-refractivity contribution in [3.63, 3.8) is 0 Å². The van der Waals surface area contributed by atoms with Crippen LogP contribution in [0.2, 0.25) is 0 Å². The Bertz CT molecular complexity index is 1020. The molecule has 5 amide bonds. The van der Waals surface area contributed by atoms with Gasteiger partial charge in [0, 0.05) is 19.6 Å². The van der Waals surface area contributed by atoms with Crippen molar-refractivity contribution in [1.82, 2.24) is 15.5 Å². The van der Waals surface area contributed by atoms with E-state index in [0.717, 1.165) is 11.3 Å². The Kier molecular flexibility index (Phi) is 8.26. The smallest absolute Gasteiger partial charge is 0.266 e. The van der Waals surface area contributed by atoms with Gasteiger partial charge in [-0.25, -0.2) is 0 Å². The summed E-state index contributed by atoms with van der Waals surface area (Å²) in [7, 11) is 0. The summed E-state index contributed by atoms with van der Waals surface area (Å²) in [5.74, 6) is -2.18. The molecule has 2 aliphatic heterocycles. The summed E-state index contributed by atoms with van der Waals surface area (Å²) in [6.45, 7) is 8.92. The molecule has 2 aliphatic rings. The van der Waals surface area contributed by atoms with E-state index in [4.69, 9.17) is 9.47 Å². The van der Waals surface area contributed by atoms with Gasteiger partial charge in [0.05, 0.1) is 16.7 Å². The van der Waals surface area contributed by atoms with Crippen LogP contribution in [0.1, 0.15) is 74.1 Å². The number of fused-ring (bicyclic) bond motifs is 1. The van der Waals surface area contributed by atoms with Crippen LogP contribution >= 0.6 is 0 Å². The Hall–Kier alpha value is -3.27. The van der Waals surface area contributed by atoms with Crippen molar-refractivity contribution in [1.29, 1.82) is 0 Å². The third kappa shape index (κ3) is 6.45. The number of piperidine rings is 1. The maximum absolute atomic E-state index is 13.1. The summed E-state index contributed by atoms with van der Waals surface area (Å²) in [5.41, 5.74) is -0.275. The summed E-state index contributed by atoms with van der Waals surface area (Å²) in [4.78, 5) is 62.8. The van der Waals surface area contributed by atoms with Gasteiger partial charge in [0.15, 0.2) is 6.61 Å². The van der Waals surface area contributed by atoms with Gasteiger partial charge in [-0.15, -0.1) is 0 Å². The number of carbonyl (C=O) groups is 5. The van der Waals surface area contributed by atoms with Crippen molar-refractivity contribution in [3.8, 4) is 5.75 Å². The molecule has 10 nitrogen and oxygen atoms in total. The average Bonchev–Trinajstić information content (AvgIpc) is 3.02. The summed E-state index contributed by atoms with van der Waals surface area (Å²) < 4.78 is 11.5. The number of nitrogens with one attached hydrogen (secondary N) is 2. The molecule has 1 atom stereocenters. The lowest BCUT2D eigenvalue weighted by molar-refractivity contribution is -0.136. The van der Waals surface area contributed by atoms with E-state index < -0.39 is 29.7 Å². The molecule has 0 aliphatic carbocycles. The van der Waals surface area contributed by atoms with E-state index >= 15 is 0 Å². The molecule has 0 aromatic heterocycles. The van der Waals surface area contributed by atoms with Crippen LogP contribution in [0.25, 0.3) is 0 Å². The van der Waals surface area contributed by atoms with Crippen LogP contribution < -0.4 is 15.4 Å². The van der Waals surface area contributed by atoms with Crippen LogP contribution in [0.4, 0.5) is 0 Å². The average molecular weight is 488 g/mol. The molecule has 0 spiro atoms. The number of hydrogen-bond acceptors (Lipinski definition) is 7. The number of hydrogen-bond donors (Lipinski definition) is 2. The molecule has 1 saturated heterocycles. The minimum absolute atomic E-state index is 0.00897. The fourth-order valence-corrected chi connectivity index (χ4v) is 3.94. The number of benzene rings is 1. The van der Waals surface area contributed by atoms with Crippen LogP contribution in [0.3, 0.4) is 0 Å². The van der Waals surface area contributed by atoms with Gasteiger partial charge in [0.25, 0.3) is 17.7 Å². The number of rotatable bonds is 11. The molecule has 0 saturated carbocycles. The predicted molar refractivity (Wildman–Crippen MR) is 126 cm³/mol. The van der Waals surface area contributed by atoms with Gasteiger partial charge in [-0.3, -0.25) is 34.2 Å². The zero-order chi connectivity index (χ0) is 25.8. The molecule has 2 N–H and O–H groups in total. The normalized spacial score (nSPS) is 18.1. The Morgan fingerprint density at radius 3 is 2.63 bits per heavy atom. The number of carbonyl (C=O) groups excluding carboxylic acids is 5. The van der Waals surface area contributed by atoms with Gasteiger partial charge in [-0.05, 0) is 51.2 Å². The molecular weight excluding hydrogens is 454 g/mol. The molecule has 10 heteroatoms. The first kappa shape index (κ1) is 26.3. The second-order valence-corrected chi connectivity index (χ2v) is 9.81. The molecule has 1 aromatic rings. The van der Waals surface area contributed by atoms with Crippen LogP contribution in [0.15, 0.2) is 18.2 Å². The van der Waals surface area contributed by atoms with Gasteiger partial charge in [0.1, 0.15) is 11.8 Å². The fraction of sp³-hybridized carbons (Fsp3) is 0.560. The highest BCUT2D eigenvalue weighted by Crippen LogP contribution is 2.33. The van der Waals surface area contributed by atoms with Crippen molar-refractivity contribution < 1.29 is 33.4 Å². The molecule has 1 aromatic carbocycles. The third-order valence-electron chi connectivity index (χ3n) is 6.03. The molecular formula is C25H33N3O7. The van der Waals surface area contributed by atoms with Crippen molar-refractivity contribution in [3.05, 3.63) is 29.3 Å². The van der Waals surface area contributed by atoms with Gasteiger partial charge < -0.3 is 14.8 Å². The van der Waals surface area contributed by atoms with Gasteiger partial charge >= 0.3 is 0 Å². The van der Waals surface area contributed by atoms with Gasteiger partial charge in [-0.1, -0.05) is 19.9 Å². The summed E-state index contributed by atoms with van der Waals surface area (Å²) in [6.07, 6.45) is 1.68. The topological polar surface area (TPSA) is 131 Å². The Balaban J connectivity index is 1.56. The fourth-order valence-electron chi connectivity index (χ4n) is 3.94. The van der Waals surface area contributed by atoms with E-state index in [1.807, 2.05) is 13.8 Å². The van der Waals surface area contributed by atoms with Crippen LogP contribution in [-0.2, 0) is 19.1 Å². The number of amides is 5. The maximum atomic E-state index is 13.1. The van der Waals surface area contributed by atoms with Crippen molar-refractivity contribution in [2.75, 3.05) is 19.8 Å². The molecule has 2 heterocycles. The van der Waals surface area contributed by atoms with E-state index in [1.165, 1.54) is 12.1 Å². The highest BCUT2D eigenvalue weighted by Gasteiger charge is 2.46. The molecule has 35 heavy (non-hydrogen) atoms. The molecule has 0 radical (unpaired) electrons. The minimum Gasteiger partial charge on any atom is -0.483 e. The minimum atomic E-state index is -1.07. The largest absolute Gasteiger partial charge is 0.483 e. The van der Waals surface area contributed by atoms with E-state index in [0.29, 0.717) is 25.5 Å². The van der Waals surface area contributed by atoms with Gasteiger partial charge in [-0.2, -0.15) is 0 Å². The molecule has 3 rings (SSSR count). The van der Waals surface area contributed by atoms with Gasteiger partial charge in [0.2, 0.25) is 11.8 Å². The van der Waals surface area contributed by atoms with Crippen LogP contribution in [0, 0.1) is 5.92 Å². The number of nitrogens with zero attached hydrogens (tertiary/aromatic N) is 1. The first-order valence-corrected chi connectivity index (χ1v) is 11.9. The Morgan fingerprint density at radius 1 is 1.20 bits per heavy atom. The van der Waals surface area contributed by atoms with Crippen LogP contribution in [0.5, 0.6) is 5.75 Å². The molecule has 1 fully saturated rings. The SMILES string of the molecule is CC(C)CCOC(C)(C)CCNC(=O)COc1cccc2c1C(=O)N(C1CCC(=O)NC1=O)C2=O. The van der Waals surface area contributed by atoms with Crippen LogP contribution in [-0.4, -0.2) is 65.8 Å². The third-order valence-corrected chi connectivity index (χ3v) is 6.03. The quantitative estimate of drug-likeness (QED) is 0.455. The monoisotopic (exact) mass is 487 g/mol. The Labute approximate surface area is 204 Å². The summed E-state index contributed by atoms with van der Waals surface area (Å²) in [6, 6.07) is 3.44. The lowest BCUT2D eigenvalue weighted by Crippen LogP contribution is -2.54. The summed E-state index contributed by atoms with van der Waals surface area (Å²) >= 11 is 0.